The summed E-state index contributed by atoms with van der Waals surface area (Å²) in [7, 11) is 4.26. The summed E-state index contributed by atoms with van der Waals surface area (Å²) in [6.07, 6.45) is 0.0548. The molecule has 10 nitrogen and oxygen atoms in total. The Labute approximate surface area is 204 Å². The smallest absolute Gasteiger partial charge is 0.325 e. The summed E-state index contributed by atoms with van der Waals surface area (Å²) in [5.74, 6) is 0.551. The van der Waals surface area contributed by atoms with E-state index >= 15 is 0 Å². The highest BCUT2D eigenvalue weighted by Crippen LogP contribution is 2.55. The van der Waals surface area contributed by atoms with E-state index in [2.05, 4.69) is 0 Å². The number of para-hydroxylation sites is 1. The topological polar surface area (TPSA) is 106 Å². The van der Waals surface area contributed by atoms with Gasteiger partial charge in [0.05, 0.1) is 31.9 Å². The van der Waals surface area contributed by atoms with Crippen LogP contribution in [0, 0.1) is 0 Å². The second-order valence-electron chi connectivity index (χ2n) is 7.81. The highest BCUT2D eigenvalue weighted by atomic mass is 32.1. The minimum atomic E-state index is -0.599. The maximum atomic E-state index is 13.6. The van der Waals surface area contributed by atoms with Crippen molar-refractivity contribution < 1.29 is 33.3 Å². The summed E-state index contributed by atoms with van der Waals surface area (Å²) in [6, 6.07) is 10.7. The summed E-state index contributed by atoms with van der Waals surface area (Å²) in [5, 5.41) is 0. The molecule has 0 saturated carbocycles. The Hall–Kier alpha value is -3.99. The van der Waals surface area contributed by atoms with Gasteiger partial charge in [0.2, 0.25) is 24.2 Å². The number of amides is 1. The van der Waals surface area contributed by atoms with E-state index in [1.54, 1.807) is 30.3 Å². The lowest BCUT2D eigenvalue weighted by Crippen LogP contribution is -2.36. The van der Waals surface area contributed by atoms with Crippen LogP contribution in [0.2, 0.25) is 0 Å². The monoisotopic (exact) mass is 498 g/mol. The molecule has 2 aliphatic heterocycles. The largest absolute Gasteiger partial charge is 0.493 e. The molecular formula is C24H22N2O8S. The number of esters is 1. The van der Waals surface area contributed by atoms with Crippen molar-refractivity contribution >= 4 is 34.7 Å². The van der Waals surface area contributed by atoms with Crippen LogP contribution >= 0.6 is 11.3 Å². The third-order valence-electron chi connectivity index (χ3n) is 5.97. The van der Waals surface area contributed by atoms with Crippen molar-refractivity contribution in [2.24, 2.45) is 0 Å². The van der Waals surface area contributed by atoms with Gasteiger partial charge in [0, 0.05) is 17.9 Å². The zero-order valence-electron chi connectivity index (χ0n) is 19.2. The number of rotatable bonds is 6. The molecule has 0 spiro atoms. The van der Waals surface area contributed by atoms with Crippen LogP contribution in [0.3, 0.4) is 0 Å². The zero-order valence-corrected chi connectivity index (χ0v) is 20.0. The Kier molecular flexibility index (Phi) is 5.85. The third kappa shape index (κ3) is 3.68. The molecule has 2 aliphatic rings. The fourth-order valence-corrected chi connectivity index (χ4v) is 5.53. The molecule has 35 heavy (non-hydrogen) atoms. The number of benzene rings is 2. The van der Waals surface area contributed by atoms with Crippen LogP contribution in [0.1, 0.15) is 22.8 Å². The van der Waals surface area contributed by atoms with E-state index in [-0.39, 0.29) is 30.5 Å². The SMILES string of the molecule is COC(=O)Cn1c2c(sc1=O)[C@H](c1cc(OC)c3c(c1OC)OCO3)CC(=O)N2c1ccccc1. The molecule has 0 aliphatic carbocycles. The summed E-state index contributed by atoms with van der Waals surface area (Å²) < 4.78 is 28.5. The first kappa shape index (κ1) is 22.8. The first-order chi connectivity index (χ1) is 17.0. The molecule has 3 heterocycles. The Morgan fingerprint density at radius 3 is 2.51 bits per heavy atom. The minimum Gasteiger partial charge on any atom is -0.493 e. The number of carbonyl (C=O) groups excluding carboxylic acids is 2. The van der Waals surface area contributed by atoms with Gasteiger partial charge in [-0.25, -0.2) is 0 Å². The molecule has 2 aromatic carbocycles. The molecular weight excluding hydrogens is 476 g/mol. The number of anilines is 2. The van der Waals surface area contributed by atoms with Crippen LogP contribution in [0.5, 0.6) is 23.0 Å². The van der Waals surface area contributed by atoms with E-state index in [1.807, 2.05) is 6.07 Å². The van der Waals surface area contributed by atoms with Crippen LogP contribution in [-0.4, -0.2) is 44.6 Å². The van der Waals surface area contributed by atoms with Crippen molar-refractivity contribution in [2.75, 3.05) is 33.0 Å². The number of hydrogen-bond donors (Lipinski definition) is 0. The van der Waals surface area contributed by atoms with Gasteiger partial charge in [-0.15, -0.1) is 0 Å². The standard InChI is InChI=1S/C24H22N2O8S/c1-30-16-9-14(19(32-3)21-20(16)33-12-34-21)15-10-17(27)26(13-7-5-4-6-8-13)23-22(15)35-24(29)25(23)11-18(28)31-2/h4-9,15H,10-12H2,1-3H3/t15-/m0/s1. The van der Waals surface area contributed by atoms with Gasteiger partial charge in [-0.05, 0) is 18.2 Å². The highest BCUT2D eigenvalue weighted by molar-refractivity contribution is 7.10. The first-order valence-electron chi connectivity index (χ1n) is 10.7. The van der Waals surface area contributed by atoms with Gasteiger partial charge in [-0.2, -0.15) is 0 Å². The number of fused-ring (bicyclic) bond motifs is 2. The summed E-state index contributed by atoms with van der Waals surface area (Å²) in [4.78, 5) is 40.6. The molecule has 5 rings (SSSR count). The molecule has 182 valence electrons. The van der Waals surface area contributed by atoms with E-state index in [0.29, 0.717) is 44.9 Å². The second-order valence-corrected chi connectivity index (χ2v) is 8.80. The number of nitrogens with zero attached hydrogens (tertiary/aromatic N) is 2. The fourth-order valence-electron chi connectivity index (χ4n) is 4.43. The number of methoxy groups -OCH3 is 3. The van der Waals surface area contributed by atoms with E-state index in [4.69, 9.17) is 23.7 Å². The maximum absolute atomic E-state index is 13.6. The second kappa shape index (κ2) is 8.99. The van der Waals surface area contributed by atoms with Gasteiger partial charge in [0.25, 0.3) is 0 Å². The summed E-state index contributed by atoms with van der Waals surface area (Å²) in [5.41, 5.74) is 1.20. The van der Waals surface area contributed by atoms with Gasteiger partial charge in [0.1, 0.15) is 12.4 Å². The van der Waals surface area contributed by atoms with Crippen LogP contribution in [0.15, 0.2) is 41.2 Å². The third-order valence-corrected chi connectivity index (χ3v) is 7.05. The summed E-state index contributed by atoms with van der Waals surface area (Å²) >= 11 is 0.976. The van der Waals surface area contributed by atoms with Crippen molar-refractivity contribution in [1.82, 2.24) is 4.57 Å². The quantitative estimate of drug-likeness (QED) is 0.478. The first-order valence-corrected chi connectivity index (χ1v) is 11.5. The molecule has 1 amide bonds. The van der Waals surface area contributed by atoms with Gasteiger partial charge >= 0.3 is 10.8 Å². The summed E-state index contributed by atoms with van der Waals surface area (Å²) in [6.45, 7) is -0.322. The molecule has 0 bridgehead atoms. The number of carbonyl (C=O) groups is 2. The van der Waals surface area contributed by atoms with Crippen molar-refractivity contribution in [1.29, 1.82) is 0 Å². The number of thiazole rings is 1. The highest BCUT2D eigenvalue weighted by Gasteiger charge is 2.41. The minimum absolute atomic E-state index is 0.00494. The van der Waals surface area contributed by atoms with Gasteiger partial charge in [-0.1, -0.05) is 29.5 Å². The number of hydrogen-bond acceptors (Lipinski definition) is 9. The van der Waals surface area contributed by atoms with Crippen LogP contribution in [-0.2, 0) is 20.9 Å². The Balaban J connectivity index is 1.75. The van der Waals surface area contributed by atoms with E-state index in [1.165, 1.54) is 30.8 Å². The molecule has 11 heteroatoms. The molecule has 0 radical (unpaired) electrons. The Morgan fingerprint density at radius 2 is 1.83 bits per heavy atom. The lowest BCUT2D eigenvalue weighted by molar-refractivity contribution is -0.141. The lowest BCUT2D eigenvalue weighted by Gasteiger charge is -2.33. The lowest BCUT2D eigenvalue weighted by atomic mass is 9.89. The van der Waals surface area contributed by atoms with Crippen LogP contribution in [0.4, 0.5) is 11.5 Å². The maximum Gasteiger partial charge on any atom is 0.325 e. The predicted molar refractivity (Wildman–Crippen MR) is 126 cm³/mol. The number of aromatic nitrogens is 1. The molecule has 0 unspecified atom stereocenters. The fraction of sp³-hybridized carbons (Fsp3) is 0.292. The van der Waals surface area contributed by atoms with Crippen LogP contribution in [0.25, 0.3) is 0 Å². The molecule has 1 aromatic heterocycles. The number of ether oxygens (including phenoxy) is 5. The van der Waals surface area contributed by atoms with Crippen molar-refractivity contribution in [3.63, 3.8) is 0 Å². The zero-order chi connectivity index (χ0) is 24.7. The molecule has 0 saturated heterocycles. The predicted octanol–water partition coefficient (Wildman–Crippen LogP) is 3.03. The van der Waals surface area contributed by atoms with Gasteiger partial charge in [-0.3, -0.25) is 23.9 Å². The van der Waals surface area contributed by atoms with E-state index < -0.39 is 11.9 Å². The van der Waals surface area contributed by atoms with E-state index in [9.17, 15) is 14.4 Å². The Bertz CT molecular complexity index is 1360. The van der Waals surface area contributed by atoms with Crippen LogP contribution < -0.4 is 28.7 Å². The molecule has 0 fully saturated rings. The normalized spacial score (nSPS) is 16.1. The van der Waals surface area contributed by atoms with Crippen molar-refractivity contribution in [3.8, 4) is 23.0 Å². The average molecular weight is 499 g/mol. The van der Waals surface area contributed by atoms with Gasteiger partial charge < -0.3 is 23.7 Å². The van der Waals surface area contributed by atoms with Crippen molar-refractivity contribution in [3.05, 3.63) is 56.5 Å². The molecule has 3 aromatic rings. The van der Waals surface area contributed by atoms with E-state index in [0.717, 1.165) is 11.3 Å². The van der Waals surface area contributed by atoms with Crippen molar-refractivity contribution in [2.45, 2.75) is 18.9 Å². The average Bonchev–Trinajstić information content (AvgIpc) is 3.48. The molecule has 1 atom stereocenters. The Morgan fingerprint density at radius 1 is 1.09 bits per heavy atom. The molecule has 0 N–H and O–H groups in total. The van der Waals surface area contributed by atoms with Gasteiger partial charge in [0.15, 0.2) is 11.5 Å².